The van der Waals surface area contributed by atoms with Gasteiger partial charge in [-0.05, 0) is 31.6 Å². The molecule has 4 heteroatoms. The number of carbonyl (C=O) groups excluding carboxylic acids is 1. The number of nitriles is 1. The zero-order valence-corrected chi connectivity index (χ0v) is 9.65. The fraction of sp³-hybridized carbons (Fsp3) is 0.833. The summed E-state index contributed by atoms with van der Waals surface area (Å²) in [5, 5.41) is 18.8. The van der Waals surface area contributed by atoms with Crippen LogP contribution in [0.3, 0.4) is 0 Å². The van der Waals surface area contributed by atoms with Crippen LogP contribution in [0.25, 0.3) is 0 Å². The number of aliphatic hydroxyl groups is 1. The fourth-order valence-corrected chi connectivity index (χ4v) is 2.44. The van der Waals surface area contributed by atoms with Crippen molar-refractivity contribution in [2.45, 2.75) is 38.7 Å². The summed E-state index contributed by atoms with van der Waals surface area (Å²) in [6.07, 6.45) is 2.73. The molecule has 1 aliphatic heterocycles. The van der Waals surface area contributed by atoms with E-state index in [1.54, 1.807) is 4.90 Å². The maximum atomic E-state index is 12.2. The van der Waals surface area contributed by atoms with Gasteiger partial charge in [-0.2, -0.15) is 5.26 Å². The summed E-state index contributed by atoms with van der Waals surface area (Å²) in [5.74, 6) is 0.190. The van der Waals surface area contributed by atoms with Crippen molar-refractivity contribution in [3.8, 4) is 6.07 Å². The standard InChI is InChI=1S/C12H18N2O2/c1-9-3-6-14(7-10(9)15)11(16)12(8-13)4-2-5-12/h9-10,15H,2-7H2,1H3. The van der Waals surface area contributed by atoms with Gasteiger partial charge in [0.05, 0.1) is 12.2 Å². The number of nitrogens with zero attached hydrogens (tertiary/aromatic N) is 2. The molecule has 0 bridgehead atoms. The highest BCUT2D eigenvalue weighted by atomic mass is 16.3. The third-order valence-electron chi connectivity index (χ3n) is 4.04. The van der Waals surface area contributed by atoms with E-state index in [4.69, 9.17) is 5.26 Å². The Morgan fingerprint density at radius 2 is 2.25 bits per heavy atom. The smallest absolute Gasteiger partial charge is 0.243 e. The lowest BCUT2D eigenvalue weighted by atomic mass is 9.68. The van der Waals surface area contributed by atoms with Gasteiger partial charge < -0.3 is 10.0 Å². The number of aliphatic hydroxyl groups excluding tert-OH is 1. The number of hydrogen-bond acceptors (Lipinski definition) is 3. The van der Waals surface area contributed by atoms with E-state index in [1.807, 2.05) is 6.92 Å². The van der Waals surface area contributed by atoms with Crippen LogP contribution in [0, 0.1) is 22.7 Å². The Morgan fingerprint density at radius 3 is 2.69 bits per heavy atom. The molecule has 2 rings (SSSR count). The Labute approximate surface area is 95.9 Å². The lowest BCUT2D eigenvalue weighted by Gasteiger charge is -2.41. The summed E-state index contributed by atoms with van der Waals surface area (Å²) < 4.78 is 0. The first-order chi connectivity index (χ1) is 7.59. The molecule has 0 aromatic carbocycles. The average Bonchev–Trinajstić information content (AvgIpc) is 2.21. The zero-order valence-electron chi connectivity index (χ0n) is 9.65. The molecule has 16 heavy (non-hydrogen) atoms. The van der Waals surface area contributed by atoms with Gasteiger partial charge in [0.2, 0.25) is 5.91 Å². The molecule has 1 N–H and O–H groups in total. The predicted octanol–water partition coefficient (Wildman–Crippen LogP) is 0.910. The van der Waals surface area contributed by atoms with Gasteiger partial charge in [-0.25, -0.2) is 0 Å². The molecule has 1 saturated heterocycles. The second kappa shape index (κ2) is 4.06. The van der Waals surface area contributed by atoms with Gasteiger partial charge in [0.25, 0.3) is 0 Å². The normalized spacial score (nSPS) is 32.7. The Balaban J connectivity index is 2.03. The number of carbonyl (C=O) groups is 1. The highest BCUT2D eigenvalue weighted by Crippen LogP contribution is 2.42. The van der Waals surface area contributed by atoms with Gasteiger partial charge in [0.15, 0.2) is 0 Å². The number of likely N-dealkylation sites (tertiary alicyclic amines) is 1. The quantitative estimate of drug-likeness (QED) is 0.717. The van der Waals surface area contributed by atoms with Crippen LogP contribution >= 0.6 is 0 Å². The van der Waals surface area contributed by atoms with Crippen molar-refractivity contribution in [1.82, 2.24) is 4.90 Å². The van der Waals surface area contributed by atoms with Crippen LogP contribution in [-0.2, 0) is 4.79 Å². The predicted molar refractivity (Wildman–Crippen MR) is 58.3 cm³/mol. The lowest BCUT2D eigenvalue weighted by molar-refractivity contribution is -0.147. The highest BCUT2D eigenvalue weighted by Gasteiger charge is 2.47. The summed E-state index contributed by atoms with van der Waals surface area (Å²) in [5.41, 5.74) is -0.764. The molecule has 88 valence electrons. The molecular formula is C12H18N2O2. The molecule has 0 aromatic rings. The van der Waals surface area contributed by atoms with Crippen LogP contribution in [0.1, 0.15) is 32.6 Å². The fourth-order valence-electron chi connectivity index (χ4n) is 2.44. The third kappa shape index (κ3) is 1.69. The molecule has 1 saturated carbocycles. The van der Waals surface area contributed by atoms with Crippen LogP contribution in [0.5, 0.6) is 0 Å². The van der Waals surface area contributed by atoms with Gasteiger partial charge >= 0.3 is 0 Å². The molecule has 1 heterocycles. The molecular weight excluding hydrogens is 204 g/mol. The van der Waals surface area contributed by atoms with Gasteiger partial charge in [0, 0.05) is 13.1 Å². The van der Waals surface area contributed by atoms with Crippen molar-refractivity contribution in [2.24, 2.45) is 11.3 Å². The minimum atomic E-state index is -0.764. The first-order valence-corrected chi connectivity index (χ1v) is 5.98. The molecule has 0 radical (unpaired) electrons. The van der Waals surface area contributed by atoms with Crippen LogP contribution in [-0.4, -0.2) is 35.1 Å². The minimum Gasteiger partial charge on any atom is -0.391 e. The van der Waals surface area contributed by atoms with Crippen molar-refractivity contribution >= 4 is 5.91 Å². The topological polar surface area (TPSA) is 64.3 Å². The number of piperidine rings is 1. The first kappa shape index (κ1) is 11.4. The van der Waals surface area contributed by atoms with E-state index in [1.165, 1.54) is 0 Å². The summed E-state index contributed by atoms with van der Waals surface area (Å²) >= 11 is 0. The van der Waals surface area contributed by atoms with Crippen molar-refractivity contribution in [2.75, 3.05) is 13.1 Å². The number of β-amino-alcohol motifs (C(OH)–C–C–N with tert-alkyl or cyclic N) is 1. The Bertz CT molecular complexity index is 330. The van der Waals surface area contributed by atoms with Crippen molar-refractivity contribution < 1.29 is 9.90 Å². The van der Waals surface area contributed by atoms with Crippen LogP contribution in [0.2, 0.25) is 0 Å². The molecule has 2 unspecified atom stereocenters. The van der Waals surface area contributed by atoms with E-state index in [9.17, 15) is 9.90 Å². The first-order valence-electron chi connectivity index (χ1n) is 5.98. The lowest BCUT2D eigenvalue weighted by Crippen LogP contribution is -2.53. The van der Waals surface area contributed by atoms with E-state index < -0.39 is 11.5 Å². The third-order valence-corrected chi connectivity index (χ3v) is 4.04. The maximum Gasteiger partial charge on any atom is 0.243 e. The van der Waals surface area contributed by atoms with Crippen LogP contribution in [0.15, 0.2) is 0 Å². The highest BCUT2D eigenvalue weighted by molar-refractivity contribution is 5.86. The second-order valence-electron chi connectivity index (χ2n) is 5.13. The largest absolute Gasteiger partial charge is 0.391 e. The van der Waals surface area contributed by atoms with E-state index in [-0.39, 0.29) is 11.8 Å². The SMILES string of the molecule is CC1CCN(C(=O)C2(C#N)CCC2)CC1O. The summed E-state index contributed by atoms with van der Waals surface area (Å²) in [7, 11) is 0. The summed E-state index contributed by atoms with van der Waals surface area (Å²) in [6.45, 7) is 3.07. The molecule has 4 nitrogen and oxygen atoms in total. The minimum absolute atomic E-state index is 0.0628. The van der Waals surface area contributed by atoms with E-state index in [0.717, 1.165) is 12.8 Å². The molecule has 2 atom stereocenters. The summed E-state index contributed by atoms with van der Waals surface area (Å²) in [4.78, 5) is 13.9. The van der Waals surface area contributed by atoms with Gasteiger partial charge in [0.1, 0.15) is 5.41 Å². The Kier molecular flexibility index (Phi) is 2.90. The molecule has 1 aliphatic carbocycles. The van der Waals surface area contributed by atoms with Crippen LogP contribution < -0.4 is 0 Å². The molecule has 0 aromatic heterocycles. The van der Waals surface area contributed by atoms with E-state index in [2.05, 4.69) is 6.07 Å². The van der Waals surface area contributed by atoms with E-state index in [0.29, 0.717) is 25.9 Å². The van der Waals surface area contributed by atoms with Gasteiger partial charge in [-0.15, -0.1) is 0 Å². The number of rotatable bonds is 1. The Morgan fingerprint density at radius 1 is 1.56 bits per heavy atom. The number of hydrogen-bond donors (Lipinski definition) is 1. The molecule has 1 amide bonds. The monoisotopic (exact) mass is 222 g/mol. The molecule has 2 fully saturated rings. The zero-order chi connectivity index (χ0) is 11.8. The average molecular weight is 222 g/mol. The van der Waals surface area contributed by atoms with Gasteiger partial charge in [-0.1, -0.05) is 6.92 Å². The molecule has 0 spiro atoms. The Hall–Kier alpha value is -1.08. The van der Waals surface area contributed by atoms with Crippen molar-refractivity contribution in [3.05, 3.63) is 0 Å². The van der Waals surface area contributed by atoms with E-state index >= 15 is 0 Å². The number of amides is 1. The van der Waals surface area contributed by atoms with Crippen LogP contribution in [0.4, 0.5) is 0 Å². The molecule has 2 aliphatic rings. The van der Waals surface area contributed by atoms with Crippen molar-refractivity contribution in [1.29, 1.82) is 5.26 Å². The van der Waals surface area contributed by atoms with Gasteiger partial charge in [-0.3, -0.25) is 4.79 Å². The second-order valence-corrected chi connectivity index (χ2v) is 5.13. The summed E-state index contributed by atoms with van der Waals surface area (Å²) in [6, 6.07) is 2.17. The van der Waals surface area contributed by atoms with Crippen molar-refractivity contribution in [3.63, 3.8) is 0 Å². The maximum absolute atomic E-state index is 12.2.